The van der Waals surface area contributed by atoms with Gasteiger partial charge in [0.05, 0.1) is 6.73 Å². The molecule has 7 N–H and O–H groups in total. The summed E-state index contributed by atoms with van der Waals surface area (Å²) in [7, 11) is 1.87. The third kappa shape index (κ3) is 15.2. The summed E-state index contributed by atoms with van der Waals surface area (Å²) in [5, 5.41) is 37.2. The van der Waals surface area contributed by atoms with Crippen LogP contribution in [-0.2, 0) is 19.1 Å². The van der Waals surface area contributed by atoms with Gasteiger partial charge in [0.2, 0.25) is 0 Å². The smallest absolute Gasteiger partial charge is 0.326 e. The lowest BCUT2D eigenvalue weighted by molar-refractivity contribution is -0.140. The first kappa shape index (κ1) is 26.6. The van der Waals surface area contributed by atoms with Crippen LogP contribution in [0, 0.1) is 0 Å². The lowest BCUT2D eigenvalue weighted by Crippen LogP contribution is -2.51. The summed E-state index contributed by atoms with van der Waals surface area (Å²) < 4.78 is 5.35. The van der Waals surface area contributed by atoms with Crippen molar-refractivity contribution in [1.29, 1.82) is 0 Å². The number of unbranched alkanes of at least 4 members (excludes halogenated alkanes) is 1. The molecular formula is C17H32N4O8. The average molecular weight is 420 g/mol. The molecule has 0 saturated heterocycles. The third-order valence-corrected chi connectivity index (χ3v) is 3.87. The quantitative estimate of drug-likeness (QED) is 0.111. The summed E-state index contributed by atoms with van der Waals surface area (Å²) in [6.45, 7) is 2.54. The first-order valence-electron chi connectivity index (χ1n) is 9.45. The monoisotopic (exact) mass is 420 g/mol. The highest BCUT2D eigenvalue weighted by atomic mass is 16.5. The number of aliphatic carboxylic acids is 3. The van der Waals surface area contributed by atoms with Crippen LogP contribution in [0.5, 0.6) is 0 Å². The molecule has 0 aliphatic heterocycles. The van der Waals surface area contributed by atoms with E-state index in [1.54, 1.807) is 0 Å². The summed E-state index contributed by atoms with van der Waals surface area (Å²) in [5.74, 6) is -3.83. The van der Waals surface area contributed by atoms with Crippen molar-refractivity contribution in [3.8, 4) is 0 Å². The normalized spacial score (nSPS) is 12.7. The van der Waals surface area contributed by atoms with Crippen molar-refractivity contribution in [2.75, 3.05) is 33.5 Å². The summed E-state index contributed by atoms with van der Waals surface area (Å²) in [5.41, 5.74) is 0. The maximum Gasteiger partial charge on any atom is 0.326 e. The van der Waals surface area contributed by atoms with Gasteiger partial charge in [-0.05, 0) is 52.2 Å². The van der Waals surface area contributed by atoms with Crippen LogP contribution in [0.2, 0.25) is 0 Å². The lowest BCUT2D eigenvalue weighted by Gasteiger charge is -2.18. The van der Waals surface area contributed by atoms with Gasteiger partial charge in [-0.2, -0.15) is 0 Å². The minimum absolute atomic E-state index is 0.167. The van der Waals surface area contributed by atoms with Gasteiger partial charge in [0.1, 0.15) is 12.1 Å². The number of rotatable bonds is 18. The van der Waals surface area contributed by atoms with Crippen molar-refractivity contribution in [3.05, 3.63) is 0 Å². The standard InChI is InChI=1S/C17H32N4O8/c1-18-8-4-10-29-11-19-9-3-2-5-12(15(24)25)20-17(28)21-13(16(26)27)6-7-14(22)23/h12-13,18-19H,2-11H2,1H3,(H,22,23)(H,24,25)(H,26,27)(H2,20,21,28)/t12-,13-/m0/s1. The Hall–Kier alpha value is -2.44. The van der Waals surface area contributed by atoms with Crippen LogP contribution in [0.4, 0.5) is 4.79 Å². The number of carbonyl (C=O) groups excluding carboxylic acids is 1. The van der Waals surface area contributed by atoms with E-state index in [2.05, 4.69) is 21.3 Å². The predicted molar refractivity (Wildman–Crippen MR) is 103 cm³/mol. The van der Waals surface area contributed by atoms with E-state index < -0.39 is 42.4 Å². The molecule has 0 unspecified atom stereocenters. The molecule has 12 heteroatoms. The highest BCUT2D eigenvalue weighted by molar-refractivity contribution is 5.86. The van der Waals surface area contributed by atoms with Crippen LogP contribution in [0.25, 0.3) is 0 Å². The maximum atomic E-state index is 11.9. The molecule has 0 aliphatic rings. The van der Waals surface area contributed by atoms with E-state index in [0.717, 1.165) is 13.0 Å². The van der Waals surface area contributed by atoms with Crippen LogP contribution >= 0.6 is 0 Å². The molecule has 0 spiro atoms. The fourth-order valence-corrected chi connectivity index (χ4v) is 2.31. The van der Waals surface area contributed by atoms with Gasteiger partial charge in [0.15, 0.2) is 0 Å². The second kappa shape index (κ2) is 16.5. The number of carboxylic acid groups (broad SMARTS) is 3. The third-order valence-electron chi connectivity index (χ3n) is 3.87. The first-order valence-corrected chi connectivity index (χ1v) is 9.45. The van der Waals surface area contributed by atoms with E-state index in [4.69, 9.17) is 14.9 Å². The van der Waals surface area contributed by atoms with Crippen molar-refractivity contribution < 1.29 is 39.2 Å². The highest BCUT2D eigenvalue weighted by Gasteiger charge is 2.24. The van der Waals surface area contributed by atoms with Gasteiger partial charge in [0, 0.05) is 13.0 Å². The Morgan fingerprint density at radius 1 is 0.862 bits per heavy atom. The zero-order valence-corrected chi connectivity index (χ0v) is 16.6. The molecule has 168 valence electrons. The largest absolute Gasteiger partial charge is 0.481 e. The van der Waals surface area contributed by atoms with Gasteiger partial charge < -0.3 is 36.0 Å². The number of amides is 2. The molecule has 2 amide bonds. The Bertz CT molecular complexity index is 518. The summed E-state index contributed by atoms with van der Waals surface area (Å²) >= 11 is 0. The van der Waals surface area contributed by atoms with E-state index in [9.17, 15) is 24.3 Å². The van der Waals surface area contributed by atoms with Gasteiger partial charge in [-0.1, -0.05) is 0 Å². The number of carbonyl (C=O) groups is 4. The van der Waals surface area contributed by atoms with Crippen LogP contribution in [0.3, 0.4) is 0 Å². The molecule has 0 fully saturated rings. The molecule has 0 aromatic carbocycles. The van der Waals surface area contributed by atoms with Crippen molar-refractivity contribution in [1.82, 2.24) is 21.3 Å². The van der Waals surface area contributed by atoms with E-state index in [1.807, 2.05) is 7.05 Å². The van der Waals surface area contributed by atoms with Gasteiger partial charge in [-0.25, -0.2) is 14.4 Å². The fourth-order valence-electron chi connectivity index (χ4n) is 2.31. The van der Waals surface area contributed by atoms with Crippen LogP contribution in [-0.4, -0.2) is 84.8 Å². The van der Waals surface area contributed by atoms with Crippen molar-refractivity contribution in [3.63, 3.8) is 0 Å². The Morgan fingerprint density at radius 3 is 2.03 bits per heavy atom. The zero-order valence-electron chi connectivity index (χ0n) is 16.6. The summed E-state index contributed by atoms with van der Waals surface area (Å²) in [6, 6.07) is -3.57. The van der Waals surface area contributed by atoms with Crippen molar-refractivity contribution >= 4 is 23.9 Å². The maximum absolute atomic E-state index is 11.9. The molecule has 2 atom stereocenters. The van der Waals surface area contributed by atoms with Crippen LogP contribution < -0.4 is 21.3 Å². The number of carboxylic acids is 3. The number of ether oxygens (including phenoxy) is 1. The molecule has 29 heavy (non-hydrogen) atoms. The second-order valence-electron chi connectivity index (χ2n) is 6.34. The molecule has 0 rings (SSSR count). The Balaban J connectivity index is 4.11. The van der Waals surface area contributed by atoms with Crippen molar-refractivity contribution in [2.24, 2.45) is 0 Å². The molecule has 0 radical (unpaired) electrons. The van der Waals surface area contributed by atoms with Crippen LogP contribution in [0.1, 0.15) is 38.5 Å². The lowest BCUT2D eigenvalue weighted by atomic mass is 10.1. The second-order valence-corrected chi connectivity index (χ2v) is 6.34. The van der Waals surface area contributed by atoms with E-state index in [-0.39, 0.29) is 12.8 Å². The van der Waals surface area contributed by atoms with Gasteiger partial charge >= 0.3 is 23.9 Å². The van der Waals surface area contributed by atoms with Gasteiger partial charge in [-0.15, -0.1) is 0 Å². The molecule has 0 aromatic heterocycles. The van der Waals surface area contributed by atoms with Gasteiger partial charge in [-0.3, -0.25) is 10.1 Å². The molecule has 0 aliphatic carbocycles. The summed E-state index contributed by atoms with van der Waals surface area (Å²) in [4.78, 5) is 44.8. The number of hydrogen-bond acceptors (Lipinski definition) is 7. The summed E-state index contributed by atoms with van der Waals surface area (Å²) in [6.07, 6.45) is 1.52. The van der Waals surface area contributed by atoms with E-state index in [0.29, 0.717) is 32.7 Å². The minimum atomic E-state index is -1.42. The number of nitrogens with one attached hydrogen (secondary N) is 4. The van der Waals surface area contributed by atoms with Gasteiger partial charge in [0.25, 0.3) is 0 Å². The van der Waals surface area contributed by atoms with E-state index in [1.165, 1.54) is 0 Å². The Labute approximate surface area is 169 Å². The molecule has 0 heterocycles. The van der Waals surface area contributed by atoms with E-state index >= 15 is 0 Å². The Morgan fingerprint density at radius 2 is 1.48 bits per heavy atom. The number of hydrogen-bond donors (Lipinski definition) is 7. The highest BCUT2D eigenvalue weighted by Crippen LogP contribution is 2.02. The average Bonchev–Trinajstić information content (AvgIpc) is 2.65. The number of urea groups is 1. The molecule has 0 saturated carbocycles. The Kier molecular flexibility index (Phi) is 15.1. The minimum Gasteiger partial charge on any atom is -0.481 e. The molecule has 12 nitrogen and oxygen atoms in total. The fraction of sp³-hybridized carbons (Fsp3) is 0.765. The SMILES string of the molecule is CNCCCOCNCCCC[C@H](NC(=O)N[C@@H](CCC(=O)O)C(=O)O)C(=O)O. The molecular weight excluding hydrogens is 388 g/mol. The van der Waals surface area contributed by atoms with Crippen LogP contribution in [0.15, 0.2) is 0 Å². The molecule has 0 aromatic rings. The zero-order chi connectivity index (χ0) is 22.1. The first-order chi connectivity index (χ1) is 13.8. The van der Waals surface area contributed by atoms with Crippen molar-refractivity contribution in [2.45, 2.75) is 50.6 Å². The molecule has 0 bridgehead atoms. The predicted octanol–water partition coefficient (Wildman–Crippen LogP) is -0.600. The topological polar surface area (TPSA) is 186 Å².